The highest BCUT2D eigenvalue weighted by Crippen LogP contribution is 2.30. The molecule has 3 aromatic rings. The third kappa shape index (κ3) is 9.59. The number of nitrogens with zero attached hydrogens (tertiary/aromatic N) is 1. The summed E-state index contributed by atoms with van der Waals surface area (Å²) in [4.78, 5) is 15.2. The van der Waals surface area contributed by atoms with Crippen molar-refractivity contribution < 1.29 is 24.5 Å². The second-order valence-corrected chi connectivity index (χ2v) is 10.9. The van der Waals surface area contributed by atoms with Gasteiger partial charge in [0.05, 0.1) is 18.8 Å². The summed E-state index contributed by atoms with van der Waals surface area (Å²) < 4.78 is 12.0. The van der Waals surface area contributed by atoms with Crippen LogP contribution in [-0.2, 0) is 24.2 Å². The summed E-state index contributed by atoms with van der Waals surface area (Å²) in [5.41, 5.74) is 9.18. The monoisotopic (exact) mass is 560 g/mol. The Morgan fingerprint density at radius 3 is 2.10 bits per heavy atom. The third-order valence-corrected chi connectivity index (χ3v) is 7.72. The molecule has 4 rings (SSSR count). The van der Waals surface area contributed by atoms with Crippen LogP contribution in [-0.4, -0.2) is 59.5 Å². The van der Waals surface area contributed by atoms with E-state index in [1.54, 1.807) is 0 Å². The van der Waals surface area contributed by atoms with Crippen LogP contribution in [0.4, 0.5) is 0 Å². The molecule has 220 valence electrons. The number of rotatable bonds is 17. The van der Waals surface area contributed by atoms with E-state index in [0.29, 0.717) is 32.7 Å². The molecule has 3 atom stereocenters. The van der Waals surface area contributed by atoms with Crippen molar-refractivity contribution in [2.24, 2.45) is 11.7 Å². The lowest BCUT2D eigenvalue weighted by atomic mass is 9.98. The summed E-state index contributed by atoms with van der Waals surface area (Å²) in [6.45, 7) is 1.92. The zero-order chi connectivity index (χ0) is 28.9. The lowest BCUT2D eigenvalue weighted by Gasteiger charge is -2.25. The number of amides is 1. The molecule has 7 nitrogen and oxygen atoms in total. The quantitative estimate of drug-likeness (QED) is 0.210. The van der Waals surface area contributed by atoms with E-state index in [4.69, 9.17) is 15.2 Å². The van der Waals surface area contributed by atoms with Crippen molar-refractivity contribution in [3.8, 4) is 11.5 Å². The minimum Gasteiger partial charge on any atom is -0.491 e. The summed E-state index contributed by atoms with van der Waals surface area (Å²) in [6.07, 6.45) is 4.74. The van der Waals surface area contributed by atoms with Gasteiger partial charge < -0.3 is 30.3 Å². The van der Waals surface area contributed by atoms with E-state index in [1.165, 1.54) is 11.1 Å². The molecule has 3 aromatic carbocycles. The lowest BCUT2D eigenvalue weighted by molar-refractivity contribution is -0.133. The van der Waals surface area contributed by atoms with Crippen LogP contribution in [0.25, 0.3) is 0 Å². The average molecular weight is 561 g/mol. The number of likely N-dealkylation sites (tertiary alicyclic amines) is 1. The van der Waals surface area contributed by atoms with Crippen LogP contribution in [0.15, 0.2) is 78.9 Å². The van der Waals surface area contributed by atoms with Crippen molar-refractivity contribution >= 4 is 5.91 Å². The summed E-state index contributed by atoms with van der Waals surface area (Å²) in [5.74, 6) is 1.34. The number of aliphatic hydroxyl groups is 2. The number of ether oxygens (including phenoxy) is 2. The Kier molecular flexibility index (Phi) is 12.0. The van der Waals surface area contributed by atoms with Gasteiger partial charge in [-0.3, -0.25) is 4.79 Å². The molecule has 0 aliphatic carbocycles. The molecule has 0 radical (unpaired) electrons. The smallest absolute Gasteiger partial charge is 0.226 e. The minimum absolute atomic E-state index is 0.0333. The van der Waals surface area contributed by atoms with Crippen LogP contribution in [0.3, 0.4) is 0 Å². The SMILES string of the molecule is NCCCCc1ccc(OC[C@@H]2C[C@@H](CC(O)CO)C(=O)N2CCCc2ccc(OCc3ccccc3)cc2)cc1. The molecule has 0 aromatic heterocycles. The van der Waals surface area contributed by atoms with Gasteiger partial charge in [0.1, 0.15) is 24.7 Å². The normalized spacial score (nSPS) is 17.5. The lowest BCUT2D eigenvalue weighted by Crippen LogP contribution is -2.38. The summed E-state index contributed by atoms with van der Waals surface area (Å²) >= 11 is 0. The van der Waals surface area contributed by atoms with Crippen molar-refractivity contribution in [1.82, 2.24) is 4.90 Å². The number of carbonyl (C=O) groups excluding carboxylic acids is 1. The predicted octanol–water partition coefficient (Wildman–Crippen LogP) is 4.52. The Hall–Kier alpha value is -3.39. The molecule has 0 spiro atoms. The van der Waals surface area contributed by atoms with Crippen LogP contribution in [0.1, 0.15) is 48.8 Å². The first kappa shape index (κ1) is 30.6. The predicted molar refractivity (Wildman–Crippen MR) is 161 cm³/mol. The molecule has 1 unspecified atom stereocenters. The Morgan fingerprint density at radius 1 is 0.829 bits per heavy atom. The maximum absolute atomic E-state index is 13.3. The van der Waals surface area contributed by atoms with Gasteiger partial charge in [0, 0.05) is 12.5 Å². The van der Waals surface area contributed by atoms with E-state index in [1.807, 2.05) is 59.5 Å². The van der Waals surface area contributed by atoms with Gasteiger partial charge in [-0.15, -0.1) is 0 Å². The number of nitrogens with two attached hydrogens (primary N) is 1. The van der Waals surface area contributed by atoms with Crippen molar-refractivity contribution in [1.29, 1.82) is 0 Å². The Labute approximate surface area is 243 Å². The summed E-state index contributed by atoms with van der Waals surface area (Å²) in [5, 5.41) is 19.3. The second-order valence-electron chi connectivity index (χ2n) is 10.9. The molecule has 7 heteroatoms. The molecular formula is C34H44N2O5. The zero-order valence-electron chi connectivity index (χ0n) is 23.9. The molecular weight excluding hydrogens is 516 g/mol. The van der Waals surface area contributed by atoms with Crippen molar-refractivity contribution in [2.45, 2.75) is 63.7 Å². The van der Waals surface area contributed by atoms with Crippen LogP contribution < -0.4 is 15.2 Å². The number of benzene rings is 3. The molecule has 41 heavy (non-hydrogen) atoms. The highest BCUT2D eigenvalue weighted by molar-refractivity contribution is 5.81. The number of carbonyl (C=O) groups is 1. The standard InChI is InChI=1S/C34H44N2O5/c35-19-5-4-7-26-11-17-33(18-12-26)41-25-30-21-29(22-31(38)23-37)34(39)36(30)20-6-10-27-13-15-32(16-14-27)40-24-28-8-2-1-3-9-28/h1-3,8-9,11-18,29-31,37-38H,4-7,10,19-25,35H2/t29-,30-,31?/m0/s1. The molecule has 4 N–H and O–H groups in total. The van der Waals surface area contributed by atoms with Crippen LogP contribution in [0, 0.1) is 5.92 Å². The molecule has 1 heterocycles. The Bertz CT molecular complexity index is 1170. The van der Waals surface area contributed by atoms with Gasteiger partial charge in [0.15, 0.2) is 0 Å². The third-order valence-electron chi connectivity index (χ3n) is 7.72. The molecule has 1 saturated heterocycles. The fourth-order valence-electron chi connectivity index (χ4n) is 5.39. The first-order valence-electron chi connectivity index (χ1n) is 14.8. The maximum atomic E-state index is 13.3. The first-order valence-corrected chi connectivity index (χ1v) is 14.8. The molecule has 0 bridgehead atoms. The number of aliphatic hydroxyl groups excluding tert-OH is 2. The molecule has 1 aliphatic heterocycles. The fourth-order valence-corrected chi connectivity index (χ4v) is 5.39. The Balaban J connectivity index is 1.28. The van der Waals surface area contributed by atoms with Gasteiger partial charge in [-0.2, -0.15) is 0 Å². The van der Waals surface area contributed by atoms with E-state index in [2.05, 4.69) is 24.3 Å². The van der Waals surface area contributed by atoms with E-state index in [0.717, 1.165) is 49.2 Å². The van der Waals surface area contributed by atoms with Crippen molar-refractivity contribution in [3.63, 3.8) is 0 Å². The molecule has 1 fully saturated rings. The zero-order valence-corrected chi connectivity index (χ0v) is 23.9. The largest absolute Gasteiger partial charge is 0.491 e. The number of aryl methyl sites for hydroxylation is 2. The Morgan fingerprint density at radius 2 is 1.46 bits per heavy atom. The van der Waals surface area contributed by atoms with Crippen molar-refractivity contribution in [3.05, 3.63) is 95.6 Å². The van der Waals surface area contributed by atoms with E-state index >= 15 is 0 Å². The molecule has 0 saturated carbocycles. The fraction of sp³-hybridized carbons (Fsp3) is 0.441. The van der Waals surface area contributed by atoms with Crippen molar-refractivity contribution in [2.75, 3.05) is 26.3 Å². The van der Waals surface area contributed by atoms with E-state index in [-0.39, 0.29) is 30.9 Å². The van der Waals surface area contributed by atoms with Gasteiger partial charge in [0.25, 0.3) is 0 Å². The van der Waals surface area contributed by atoms with Gasteiger partial charge in [0.2, 0.25) is 5.91 Å². The van der Waals surface area contributed by atoms with E-state index in [9.17, 15) is 15.0 Å². The molecule has 1 aliphatic rings. The summed E-state index contributed by atoms with van der Waals surface area (Å²) in [7, 11) is 0. The first-order chi connectivity index (χ1) is 20.1. The van der Waals surface area contributed by atoms with Gasteiger partial charge in [-0.05, 0) is 92.4 Å². The van der Waals surface area contributed by atoms with Gasteiger partial charge >= 0.3 is 0 Å². The minimum atomic E-state index is -0.889. The van der Waals surface area contributed by atoms with Gasteiger partial charge in [-0.25, -0.2) is 0 Å². The highest BCUT2D eigenvalue weighted by Gasteiger charge is 2.40. The number of hydrogen-bond donors (Lipinski definition) is 3. The van der Waals surface area contributed by atoms with Crippen LogP contribution in [0.2, 0.25) is 0 Å². The summed E-state index contributed by atoms with van der Waals surface area (Å²) in [6, 6.07) is 26.3. The maximum Gasteiger partial charge on any atom is 0.226 e. The molecule has 1 amide bonds. The number of hydrogen-bond acceptors (Lipinski definition) is 6. The van der Waals surface area contributed by atoms with Crippen LogP contribution in [0.5, 0.6) is 11.5 Å². The van der Waals surface area contributed by atoms with E-state index < -0.39 is 6.10 Å². The number of unbranched alkanes of at least 4 members (excludes halogenated alkanes) is 1. The second kappa shape index (κ2) is 16.2. The average Bonchev–Trinajstić information content (AvgIpc) is 3.30. The topological polar surface area (TPSA) is 105 Å². The van der Waals surface area contributed by atoms with Gasteiger partial charge in [-0.1, -0.05) is 54.6 Å². The highest BCUT2D eigenvalue weighted by atomic mass is 16.5. The van der Waals surface area contributed by atoms with Crippen LogP contribution >= 0.6 is 0 Å².